The number of primary amides is 1. The number of amides is 1. The van der Waals surface area contributed by atoms with Crippen LogP contribution in [0.25, 0.3) is 38.7 Å². The van der Waals surface area contributed by atoms with Gasteiger partial charge in [0.1, 0.15) is 11.3 Å². The molecule has 1 amide bonds. The van der Waals surface area contributed by atoms with E-state index in [0.717, 1.165) is 17.5 Å². The fourth-order valence-corrected chi connectivity index (χ4v) is 3.98. The van der Waals surface area contributed by atoms with Gasteiger partial charge in [-0.3, -0.25) is 4.79 Å². The molecule has 0 bridgehead atoms. The van der Waals surface area contributed by atoms with Gasteiger partial charge in [0.2, 0.25) is 0 Å². The van der Waals surface area contributed by atoms with Gasteiger partial charge in [-0.15, -0.1) is 0 Å². The van der Waals surface area contributed by atoms with Gasteiger partial charge < -0.3 is 14.7 Å². The molecule has 0 atom stereocenters. The molecular weight excluding hydrogens is 405 g/mol. The molecule has 5 rings (SSSR count). The number of rotatable bonds is 3. The summed E-state index contributed by atoms with van der Waals surface area (Å²) >= 11 is 0. The molecule has 0 spiro atoms. The number of carbonyl (C=O) groups excluding carboxylic acids is 1. The Morgan fingerprint density at radius 3 is 2.52 bits per heavy atom. The van der Waals surface area contributed by atoms with E-state index in [1.54, 1.807) is 36.6 Å². The van der Waals surface area contributed by atoms with Crippen LogP contribution in [0.15, 0.2) is 83.5 Å². The van der Waals surface area contributed by atoms with Crippen LogP contribution in [0.2, 0.25) is 0 Å². The smallest absolute Gasteiger partial charge is 0.416 e. The third kappa shape index (κ3) is 3.06. The van der Waals surface area contributed by atoms with Crippen molar-refractivity contribution in [1.29, 1.82) is 0 Å². The zero-order valence-corrected chi connectivity index (χ0v) is 16.0. The Balaban J connectivity index is 1.87. The van der Waals surface area contributed by atoms with Crippen LogP contribution in [0.1, 0.15) is 16.1 Å². The number of nitrogens with two attached hydrogens (primary N) is 1. The van der Waals surface area contributed by atoms with Crippen LogP contribution in [0, 0.1) is 0 Å². The minimum atomic E-state index is -4.51. The lowest BCUT2D eigenvalue weighted by atomic mass is 10.0. The van der Waals surface area contributed by atoms with Gasteiger partial charge in [0.15, 0.2) is 0 Å². The summed E-state index contributed by atoms with van der Waals surface area (Å²) in [6, 6.07) is 19.2. The van der Waals surface area contributed by atoms with Gasteiger partial charge >= 0.3 is 6.18 Å². The predicted octanol–water partition coefficient (Wildman–Crippen LogP) is 6.16. The lowest BCUT2D eigenvalue weighted by Crippen LogP contribution is -2.17. The summed E-state index contributed by atoms with van der Waals surface area (Å²) in [6.07, 6.45) is -2.95. The number of benzene rings is 3. The quantitative estimate of drug-likeness (QED) is 0.380. The van der Waals surface area contributed by atoms with E-state index in [9.17, 15) is 18.0 Å². The SMILES string of the molecule is NC(=O)c1c(-c2ccc3occc3c2)c2ccccc2n1-c1cccc(C(F)(F)F)c1. The average molecular weight is 420 g/mol. The van der Waals surface area contributed by atoms with Crippen molar-refractivity contribution in [3.8, 4) is 16.8 Å². The monoisotopic (exact) mass is 420 g/mol. The van der Waals surface area contributed by atoms with Gasteiger partial charge in [-0.1, -0.05) is 30.3 Å². The third-order valence-corrected chi connectivity index (χ3v) is 5.28. The molecule has 0 aliphatic heterocycles. The molecule has 0 fully saturated rings. The molecule has 2 aromatic heterocycles. The Bertz CT molecular complexity index is 1460. The van der Waals surface area contributed by atoms with E-state index in [1.807, 2.05) is 18.2 Å². The number of fused-ring (bicyclic) bond motifs is 2. The minimum absolute atomic E-state index is 0.114. The average Bonchev–Trinajstić information content (AvgIpc) is 3.35. The van der Waals surface area contributed by atoms with Crippen molar-refractivity contribution in [1.82, 2.24) is 4.57 Å². The normalized spacial score (nSPS) is 12.0. The van der Waals surface area contributed by atoms with Gasteiger partial charge in [0, 0.05) is 22.0 Å². The van der Waals surface area contributed by atoms with Crippen molar-refractivity contribution in [2.24, 2.45) is 5.73 Å². The minimum Gasteiger partial charge on any atom is -0.464 e. The van der Waals surface area contributed by atoms with Crippen molar-refractivity contribution in [3.05, 3.63) is 90.3 Å². The van der Waals surface area contributed by atoms with Crippen LogP contribution in [-0.2, 0) is 6.18 Å². The highest BCUT2D eigenvalue weighted by Gasteiger charge is 2.31. The zero-order chi connectivity index (χ0) is 21.8. The van der Waals surface area contributed by atoms with Crippen molar-refractivity contribution in [2.45, 2.75) is 6.18 Å². The number of nitrogens with zero attached hydrogens (tertiary/aromatic N) is 1. The molecule has 3 aromatic carbocycles. The topological polar surface area (TPSA) is 61.2 Å². The summed E-state index contributed by atoms with van der Waals surface area (Å²) in [7, 11) is 0. The number of hydrogen-bond donors (Lipinski definition) is 1. The molecule has 0 saturated carbocycles. The van der Waals surface area contributed by atoms with Gasteiger partial charge in [-0.05, 0) is 48.0 Å². The second kappa shape index (κ2) is 6.77. The largest absolute Gasteiger partial charge is 0.464 e. The molecule has 4 nitrogen and oxygen atoms in total. The number of furan rings is 1. The third-order valence-electron chi connectivity index (χ3n) is 5.28. The predicted molar refractivity (Wildman–Crippen MR) is 112 cm³/mol. The van der Waals surface area contributed by atoms with E-state index in [0.29, 0.717) is 27.6 Å². The highest BCUT2D eigenvalue weighted by atomic mass is 19.4. The number of aromatic nitrogens is 1. The van der Waals surface area contributed by atoms with Crippen LogP contribution < -0.4 is 5.73 Å². The second-order valence-corrected chi connectivity index (χ2v) is 7.16. The number of carbonyl (C=O) groups is 1. The summed E-state index contributed by atoms with van der Waals surface area (Å²) in [5.41, 5.74) is 7.82. The lowest BCUT2D eigenvalue weighted by Gasteiger charge is -2.13. The Morgan fingerprint density at radius 2 is 1.74 bits per heavy atom. The van der Waals surface area contributed by atoms with Crippen LogP contribution in [0.5, 0.6) is 0 Å². The Hall–Kier alpha value is -4.00. The summed E-state index contributed by atoms with van der Waals surface area (Å²) < 4.78 is 46.9. The van der Waals surface area contributed by atoms with Crippen molar-refractivity contribution < 1.29 is 22.4 Å². The summed E-state index contributed by atoms with van der Waals surface area (Å²) in [6.45, 7) is 0. The van der Waals surface area contributed by atoms with E-state index in [-0.39, 0.29) is 11.4 Å². The Kier molecular flexibility index (Phi) is 4.15. The molecule has 5 aromatic rings. The maximum atomic E-state index is 13.3. The number of para-hydroxylation sites is 1. The molecule has 0 aliphatic rings. The van der Waals surface area contributed by atoms with Gasteiger partial charge in [0.25, 0.3) is 5.91 Å². The van der Waals surface area contributed by atoms with E-state index < -0.39 is 17.6 Å². The van der Waals surface area contributed by atoms with Crippen molar-refractivity contribution in [2.75, 3.05) is 0 Å². The maximum Gasteiger partial charge on any atom is 0.416 e. The first-order valence-corrected chi connectivity index (χ1v) is 9.43. The van der Waals surface area contributed by atoms with E-state index >= 15 is 0 Å². The van der Waals surface area contributed by atoms with Gasteiger partial charge in [0.05, 0.1) is 17.3 Å². The zero-order valence-electron chi connectivity index (χ0n) is 16.0. The van der Waals surface area contributed by atoms with E-state index in [1.165, 1.54) is 16.7 Å². The maximum absolute atomic E-state index is 13.3. The molecule has 0 aliphatic carbocycles. The molecule has 154 valence electrons. The van der Waals surface area contributed by atoms with E-state index in [4.69, 9.17) is 10.2 Å². The van der Waals surface area contributed by atoms with Gasteiger partial charge in [-0.2, -0.15) is 13.2 Å². The van der Waals surface area contributed by atoms with Crippen LogP contribution in [0.4, 0.5) is 13.2 Å². The summed E-state index contributed by atoms with van der Waals surface area (Å²) in [5.74, 6) is -0.740. The van der Waals surface area contributed by atoms with Crippen molar-refractivity contribution in [3.63, 3.8) is 0 Å². The number of hydrogen-bond acceptors (Lipinski definition) is 2. The van der Waals surface area contributed by atoms with E-state index in [2.05, 4.69) is 0 Å². The highest BCUT2D eigenvalue weighted by Crippen LogP contribution is 2.39. The standard InChI is InChI=1S/C24H15F3N2O2/c25-24(26,27)16-4-3-5-17(13-16)29-19-7-2-1-6-18(19)21(22(29)23(28)30)15-8-9-20-14(12-15)10-11-31-20/h1-13H,(H2,28,30). The molecule has 0 radical (unpaired) electrons. The second-order valence-electron chi connectivity index (χ2n) is 7.16. The molecule has 2 heterocycles. The first-order valence-electron chi connectivity index (χ1n) is 9.43. The highest BCUT2D eigenvalue weighted by molar-refractivity contribution is 6.11. The Morgan fingerprint density at radius 1 is 0.935 bits per heavy atom. The van der Waals surface area contributed by atoms with Crippen molar-refractivity contribution >= 4 is 27.8 Å². The molecule has 0 unspecified atom stereocenters. The van der Waals surface area contributed by atoms with Crippen LogP contribution >= 0.6 is 0 Å². The first-order chi connectivity index (χ1) is 14.8. The van der Waals surface area contributed by atoms with Gasteiger partial charge in [-0.25, -0.2) is 0 Å². The molecule has 0 saturated heterocycles. The lowest BCUT2D eigenvalue weighted by molar-refractivity contribution is -0.137. The number of halogens is 3. The van der Waals surface area contributed by atoms with Crippen LogP contribution in [0.3, 0.4) is 0 Å². The molecule has 31 heavy (non-hydrogen) atoms. The Labute approximate surface area is 174 Å². The number of alkyl halides is 3. The fraction of sp³-hybridized carbons (Fsp3) is 0.0417. The fourth-order valence-electron chi connectivity index (χ4n) is 3.98. The summed E-state index contributed by atoms with van der Waals surface area (Å²) in [4.78, 5) is 12.6. The molecule has 7 heteroatoms. The van der Waals surface area contributed by atoms with Crippen LogP contribution in [-0.4, -0.2) is 10.5 Å². The summed E-state index contributed by atoms with van der Waals surface area (Å²) in [5, 5.41) is 1.54. The molecular formula is C24H15F3N2O2. The molecule has 2 N–H and O–H groups in total. The first kappa shape index (κ1) is 19.0.